The molecule has 0 bridgehead atoms. The number of fused-ring (bicyclic) bond motifs is 3. The Bertz CT molecular complexity index is 650. The summed E-state index contributed by atoms with van der Waals surface area (Å²) < 4.78 is 0. The molecule has 0 spiro atoms. The van der Waals surface area contributed by atoms with Gasteiger partial charge in [0.2, 0.25) is 0 Å². The molecular formula is C19H23NO3. The highest BCUT2D eigenvalue weighted by Gasteiger charge is 2.38. The fourth-order valence-corrected chi connectivity index (χ4v) is 4.02. The number of carbonyl (C=O) groups excluding carboxylic acids is 3. The van der Waals surface area contributed by atoms with Crippen LogP contribution in [0.2, 0.25) is 0 Å². The van der Waals surface area contributed by atoms with Crippen molar-refractivity contribution in [2.45, 2.75) is 39.2 Å². The first kappa shape index (κ1) is 16.1. The van der Waals surface area contributed by atoms with E-state index in [1.165, 1.54) is 0 Å². The van der Waals surface area contributed by atoms with Crippen molar-refractivity contribution in [2.24, 2.45) is 11.8 Å². The van der Waals surface area contributed by atoms with Crippen LogP contribution in [0.1, 0.15) is 64.6 Å². The molecule has 2 aliphatic rings. The molecule has 0 N–H and O–H groups in total. The third-order valence-corrected chi connectivity index (χ3v) is 5.13. The number of carbonyl (C=O) groups is 3. The van der Waals surface area contributed by atoms with Gasteiger partial charge in [-0.3, -0.25) is 19.3 Å². The minimum Gasteiger partial charge on any atom is -0.299 e. The maximum absolute atomic E-state index is 12.5. The van der Waals surface area contributed by atoms with Crippen LogP contribution in [0, 0.1) is 11.8 Å². The Balaban J connectivity index is 1.91. The van der Waals surface area contributed by atoms with Gasteiger partial charge >= 0.3 is 0 Å². The van der Waals surface area contributed by atoms with Crippen LogP contribution in [0.4, 0.5) is 0 Å². The minimum absolute atomic E-state index is 0.0639. The largest absolute Gasteiger partial charge is 0.299 e. The molecule has 0 saturated carbocycles. The highest BCUT2D eigenvalue weighted by molar-refractivity contribution is 5.91. The number of rotatable bonds is 4. The second-order valence-electron chi connectivity index (χ2n) is 7.17. The summed E-state index contributed by atoms with van der Waals surface area (Å²) in [5.41, 5.74) is 3.04. The molecule has 1 saturated heterocycles. The average Bonchev–Trinajstić information content (AvgIpc) is 2.53. The monoisotopic (exact) mass is 313 g/mol. The Morgan fingerprint density at radius 3 is 2.57 bits per heavy atom. The predicted octanol–water partition coefficient (Wildman–Crippen LogP) is 2.85. The third-order valence-electron chi connectivity index (χ3n) is 5.13. The Labute approximate surface area is 136 Å². The van der Waals surface area contributed by atoms with Gasteiger partial charge in [-0.15, -0.1) is 0 Å². The van der Waals surface area contributed by atoms with Gasteiger partial charge in [0.15, 0.2) is 12.6 Å². The molecule has 122 valence electrons. The van der Waals surface area contributed by atoms with E-state index >= 15 is 0 Å². The SMILES string of the molecule is CC(C)C[C@H]1CN2CCc3cc(C=O)c(C=O)cc3[C@@H]2CC1=O. The molecule has 3 rings (SSSR count). The Kier molecular flexibility index (Phi) is 4.44. The Hall–Kier alpha value is -1.81. The Morgan fingerprint density at radius 1 is 1.22 bits per heavy atom. The number of ketones is 1. The third kappa shape index (κ3) is 3.00. The van der Waals surface area contributed by atoms with E-state index in [2.05, 4.69) is 18.7 Å². The summed E-state index contributed by atoms with van der Waals surface area (Å²) in [6.45, 7) is 6.04. The minimum atomic E-state index is 0.0639. The summed E-state index contributed by atoms with van der Waals surface area (Å²) in [4.78, 5) is 37.3. The predicted molar refractivity (Wildman–Crippen MR) is 87.8 cm³/mol. The van der Waals surface area contributed by atoms with Crippen molar-refractivity contribution >= 4 is 18.4 Å². The second-order valence-corrected chi connectivity index (χ2v) is 7.17. The Morgan fingerprint density at radius 2 is 1.91 bits per heavy atom. The highest BCUT2D eigenvalue weighted by atomic mass is 16.1. The van der Waals surface area contributed by atoms with Crippen LogP contribution in [0.5, 0.6) is 0 Å². The lowest BCUT2D eigenvalue weighted by Gasteiger charge is -2.43. The molecule has 2 atom stereocenters. The van der Waals surface area contributed by atoms with Crippen LogP contribution in [0.25, 0.3) is 0 Å². The lowest BCUT2D eigenvalue weighted by Crippen LogP contribution is -2.46. The molecule has 0 unspecified atom stereocenters. The summed E-state index contributed by atoms with van der Waals surface area (Å²) >= 11 is 0. The quantitative estimate of drug-likeness (QED) is 0.802. The molecule has 0 aromatic heterocycles. The van der Waals surface area contributed by atoms with Gasteiger partial charge in [0.05, 0.1) is 0 Å². The normalized spacial score (nSPS) is 24.2. The molecular weight excluding hydrogens is 290 g/mol. The van der Waals surface area contributed by atoms with Crippen molar-refractivity contribution in [1.29, 1.82) is 0 Å². The van der Waals surface area contributed by atoms with Gasteiger partial charge in [-0.1, -0.05) is 13.8 Å². The lowest BCUT2D eigenvalue weighted by atomic mass is 9.79. The fourth-order valence-electron chi connectivity index (χ4n) is 4.02. The summed E-state index contributed by atoms with van der Waals surface area (Å²) in [7, 11) is 0. The molecule has 0 aliphatic carbocycles. The van der Waals surface area contributed by atoms with Crippen molar-refractivity contribution in [1.82, 2.24) is 4.90 Å². The van der Waals surface area contributed by atoms with Crippen LogP contribution in [0.15, 0.2) is 12.1 Å². The van der Waals surface area contributed by atoms with E-state index in [0.29, 0.717) is 29.2 Å². The van der Waals surface area contributed by atoms with Crippen molar-refractivity contribution in [3.63, 3.8) is 0 Å². The van der Waals surface area contributed by atoms with E-state index < -0.39 is 0 Å². The smallest absolute Gasteiger partial charge is 0.150 e. The molecule has 1 aromatic rings. The molecule has 0 amide bonds. The van der Waals surface area contributed by atoms with Gasteiger partial charge < -0.3 is 0 Å². The molecule has 1 aromatic carbocycles. The zero-order chi connectivity index (χ0) is 16.6. The van der Waals surface area contributed by atoms with E-state index in [9.17, 15) is 14.4 Å². The van der Waals surface area contributed by atoms with E-state index in [1.807, 2.05) is 12.1 Å². The maximum atomic E-state index is 12.5. The topological polar surface area (TPSA) is 54.5 Å². The summed E-state index contributed by atoms with van der Waals surface area (Å²) in [6, 6.07) is 3.71. The summed E-state index contributed by atoms with van der Waals surface area (Å²) in [5.74, 6) is 0.988. The molecule has 4 nitrogen and oxygen atoms in total. The summed E-state index contributed by atoms with van der Waals surface area (Å²) in [5, 5.41) is 0. The first-order valence-corrected chi connectivity index (χ1v) is 8.37. The van der Waals surface area contributed by atoms with Gasteiger partial charge in [0, 0.05) is 42.6 Å². The number of nitrogens with zero attached hydrogens (tertiary/aromatic N) is 1. The zero-order valence-electron chi connectivity index (χ0n) is 13.7. The van der Waals surface area contributed by atoms with Crippen molar-refractivity contribution < 1.29 is 14.4 Å². The van der Waals surface area contributed by atoms with Gasteiger partial charge in [0.1, 0.15) is 5.78 Å². The summed E-state index contributed by atoms with van der Waals surface area (Å²) in [6.07, 6.45) is 3.80. The van der Waals surface area contributed by atoms with Gasteiger partial charge in [-0.2, -0.15) is 0 Å². The standard InChI is InChI=1S/C19H23NO3/c1-12(2)5-14-9-20-4-3-13-6-15(10-21)16(11-22)7-17(13)18(20)8-19(14)23/h6-7,10-12,14,18H,3-5,8-9H2,1-2H3/t14-,18-/m0/s1. The number of Topliss-reactive ketones (excluding diaryl/α,β-unsaturated/α-hetero) is 1. The van der Waals surface area contributed by atoms with E-state index in [1.54, 1.807) is 0 Å². The number of piperidine rings is 1. The first-order valence-electron chi connectivity index (χ1n) is 8.37. The van der Waals surface area contributed by atoms with Crippen molar-refractivity contribution in [2.75, 3.05) is 13.1 Å². The van der Waals surface area contributed by atoms with E-state index in [0.717, 1.165) is 49.6 Å². The van der Waals surface area contributed by atoms with E-state index in [4.69, 9.17) is 0 Å². The number of aldehydes is 2. The number of benzene rings is 1. The van der Waals surface area contributed by atoms with Crippen LogP contribution in [-0.4, -0.2) is 36.3 Å². The fraction of sp³-hybridized carbons (Fsp3) is 0.526. The molecule has 1 fully saturated rings. The molecule has 2 aliphatic heterocycles. The zero-order valence-corrected chi connectivity index (χ0v) is 13.7. The molecule has 2 heterocycles. The first-order chi connectivity index (χ1) is 11.0. The lowest BCUT2D eigenvalue weighted by molar-refractivity contribution is -0.129. The van der Waals surface area contributed by atoms with Crippen LogP contribution in [0.3, 0.4) is 0 Å². The number of hydrogen-bond acceptors (Lipinski definition) is 4. The van der Waals surface area contributed by atoms with Crippen molar-refractivity contribution in [3.8, 4) is 0 Å². The van der Waals surface area contributed by atoms with E-state index in [-0.39, 0.29) is 12.0 Å². The molecule has 4 heteroatoms. The van der Waals surface area contributed by atoms with Crippen LogP contribution < -0.4 is 0 Å². The molecule has 23 heavy (non-hydrogen) atoms. The van der Waals surface area contributed by atoms with Gasteiger partial charge in [0.25, 0.3) is 0 Å². The maximum Gasteiger partial charge on any atom is 0.150 e. The highest BCUT2D eigenvalue weighted by Crippen LogP contribution is 2.39. The average molecular weight is 313 g/mol. The second kappa shape index (κ2) is 6.36. The van der Waals surface area contributed by atoms with Crippen molar-refractivity contribution in [3.05, 3.63) is 34.4 Å². The molecule has 0 radical (unpaired) electrons. The van der Waals surface area contributed by atoms with Gasteiger partial charge in [-0.05, 0) is 42.0 Å². The van der Waals surface area contributed by atoms with Crippen LogP contribution in [-0.2, 0) is 11.2 Å². The number of hydrogen-bond donors (Lipinski definition) is 0. The van der Waals surface area contributed by atoms with Gasteiger partial charge in [-0.25, -0.2) is 0 Å². The van der Waals surface area contributed by atoms with Crippen LogP contribution >= 0.6 is 0 Å².